The van der Waals surface area contributed by atoms with E-state index in [9.17, 15) is 9.90 Å². The van der Waals surface area contributed by atoms with Crippen LogP contribution in [-0.4, -0.2) is 74.4 Å². The average Bonchev–Trinajstić information content (AvgIpc) is 2.97. The zero-order valence-electron chi connectivity index (χ0n) is 15.2. The number of carbonyl (C=O) groups excluding carboxylic acids is 1. The molecular weight excluding hydrogens is 379 g/mol. The van der Waals surface area contributed by atoms with Gasteiger partial charge in [-0.05, 0) is 25.7 Å². The third-order valence-electron chi connectivity index (χ3n) is 5.23. The topological polar surface area (TPSA) is 101 Å². The molecular formula is C16H30Cl2N6O2. The van der Waals surface area contributed by atoms with Gasteiger partial charge in [0.15, 0.2) is 0 Å². The molecule has 26 heavy (non-hydrogen) atoms. The van der Waals surface area contributed by atoms with Crippen molar-refractivity contribution in [3.63, 3.8) is 0 Å². The first kappa shape index (κ1) is 23.1. The number of nitrogens with two attached hydrogens (primary N) is 1. The van der Waals surface area contributed by atoms with E-state index in [0.29, 0.717) is 6.54 Å². The van der Waals surface area contributed by atoms with E-state index in [1.807, 2.05) is 11.9 Å². The van der Waals surface area contributed by atoms with Gasteiger partial charge in [0.2, 0.25) is 5.91 Å². The number of amides is 1. The van der Waals surface area contributed by atoms with Gasteiger partial charge in [-0.2, -0.15) is 0 Å². The molecule has 1 aromatic rings. The van der Waals surface area contributed by atoms with Crippen LogP contribution in [0.25, 0.3) is 0 Å². The highest BCUT2D eigenvalue weighted by molar-refractivity contribution is 5.85. The van der Waals surface area contributed by atoms with Gasteiger partial charge < -0.3 is 20.3 Å². The number of hydrogen-bond donors (Lipinski definition) is 2. The van der Waals surface area contributed by atoms with Gasteiger partial charge in [0.05, 0.1) is 19.2 Å². The fourth-order valence-electron chi connectivity index (χ4n) is 3.69. The predicted molar refractivity (Wildman–Crippen MR) is 104 cm³/mol. The molecule has 150 valence electrons. The van der Waals surface area contributed by atoms with Crippen LogP contribution in [0.3, 0.4) is 0 Å². The van der Waals surface area contributed by atoms with Gasteiger partial charge >= 0.3 is 0 Å². The summed E-state index contributed by atoms with van der Waals surface area (Å²) in [7, 11) is 2.01. The maximum absolute atomic E-state index is 11.9. The molecule has 3 rings (SSSR count). The van der Waals surface area contributed by atoms with E-state index in [1.165, 1.54) is 0 Å². The molecule has 0 radical (unpaired) electrons. The molecule has 2 aliphatic rings. The third-order valence-corrected chi connectivity index (χ3v) is 5.23. The van der Waals surface area contributed by atoms with Gasteiger partial charge in [-0.25, -0.2) is 0 Å². The Bertz CT molecular complexity index is 577. The van der Waals surface area contributed by atoms with Crippen molar-refractivity contribution in [2.24, 2.45) is 12.8 Å². The molecule has 8 nitrogen and oxygen atoms in total. The third kappa shape index (κ3) is 5.29. The van der Waals surface area contributed by atoms with Crippen molar-refractivity contribution in [2.45, 2.75) is 44.2 Å². The fourth-order valence-corrected chi connectivity index (χ4v) is 3.69. The summed E-state index contributed by atoms with van der Waals surface area (Å²) >= 11 is 0. The first-order valence-corrected chi connectivity index (χ1v) is 8.85. The first-order valence-electron chi connectivity index (χ1n) is 8.85. The molecule has 2 aliphatic heterocycles. The van der Waals surface area contributed by atoms with Crippen LogP contribution in [-0.2, 0) is 18.4 Å². The van der Waals surface area contributed by atoms with E-state index in [2.05, 4.69) is 19.7 Å². The molecule has 0 bridgehead atoms. The molecule has 1 aromatic heterocycles. The fraction of sp³-hybridized carbons (Fsp3) is 0.812. The van der Waals surface area contributed by atoms with Crippen LogP contribution in [0.15, 0.2) is 0 Å². The van der Waals surface area contributed by atoms with Gasteiger partial charge in [0, 0.05) is 39.1 Å². The van der Waals surface area contributed by atoms with E-state index in [-0.39, 0.29) is 49.3 Å². The van der Waals surface area contributed by atoms with Gasteiger partial charge in [-0.15, -0.1) is 35.0 Å². The molecule has 0 saturated carbocycles. The number of aliphatic hydroxyl groups is 1. The van der Waals surface area contributed by atoms with Gasteiger partial charge in [0.25, 0.3) is 0 Å². The van der Waals surface area contributed by atoms with Crippen molar-refractivity contribution in [3.05, 3.63) is 11.6 Å². The number of piperidine rings is 2. The highest BCUT2D eigenvalue weighted by Gasteiger charge is 2.28. The van der Waals surface area contributed by atoms with Crippen LogP contribution in [0, 0.1) is 0 Å². The minimum atomic E-state index is -0.162. The molecule has 2 saturated heterocycles. The van der Waals surface area contributed by atoms with Crippen molar-refractivity contribution in [1.82, 2.24) is 24.6 Å². The summed E-state index contributed by atoms with van der Waals surface area (Å²) in [6, 6.07) is 0. The minimum absolute atomic E-state index is 0. The molecule has 1 atom stereocenters. The Balaban J connectivity index is 0.00000169. The Morgan fingerprint density at radius 2 is 1.88 bits per heavy atom. The maximum Gasteiger partial charge on any atom is 0.236 e. The number of carbonyl (C=O) groups is 1. The lowest BCUT2D eigenvalue weighted by Gasteiger charge is -2.32. The lowest BCUT2D eigenvalue weighted by Crippen LogP contribution is -2.42. The number of likely N-dealkylation sites (tertiary alicyclic amines) is 2. The second-order valence-electron chi connectivity index (χ2n) is 6.92. The number of halogens is 2. The first-order chi connectivity index (χ1) is 11.6. The Labute approximate surface area is 166 Å². The van der Waals surface area contributed by atoms with Gasteiger partial charge in [0.1, 0.15) is 11.6 Å². The number of aliphatic hydroxyl groups excluding tert-OH is 1. The monoisotopic (exact) mass is 408 g/mol. The SMILES string of the molecule is Cl.Cl.Cn1c(CN2CCC(O)CC2)nnc1C1CCCN(C(=O)CN)C1. The maximum atomic E-state index is 11.9. The van der Waals surface area contributed by atoms with Gasteiger partial charge in [-0.1, -0.05) is 0 Å². The number of nitrogens with zero attached hydrogens (tertiary/aromatic N) is 5. The van der Waals surface area contributed by atoms with E-state index in [4.69, 9.17) is 5.73 Å². The molecule has 1 amide bonds. The lowest BCUT2D eigenvalue weighted by atomic mass is 9.97. The van der Waals surface area contributed by atoms with Crippen LogP contribution >= 0.6 is 24.8 Å². The molecule has 1 unspecified atom stereocenters. The smallest absolute Gasteiger partial charge is 0.236 e. The summed E-state index contributed by atoms with van der Waals surface area (Å²) in [6.07, 6.45) is 3.48. The van der Waals surface area contributed by atoms with E-state index in [0.717, 1.165) is 63.5 Å². The molecule has 2 fully saturated rings. The summed E-state index contributed by atoms with van der Waals surface area (Å²) in [5.41, 5.74) is 5.49. The lowest BCUT2D eigenvalue weighted by molar-refractivity contribution is -0.130. The van der Waals surface area contributed by atoms with Crippen molar-refractivity contribution < 1.29 is 9.90 Å². The van der Waals surface area contributed by atoms with Crippen LogP contribution in [0.2, 0.25) is 0 Å². The average molecular weight is 409 g/mol. The van der Waals surface area contributed by atoms with Crippen LogP contribution in [0.5, 0.6) is 0 Å². The molecule has 0 spiro atoms. The van der Waals surface area contributed by atoms with Crippen molar-refractivity contribution >= 4 is 30.7 Å². The largest absolute Gasteiger partial charge is 0.393 e. The van der Waals surface area contributed by atoms with Crippen LogP contribution in [0.4, 0.5) is 0 Å². The van der Waals surface area contributed by atoms with Crippen LogP contribution < -0.4 is 5.73 Å². The summed E-state index contributed by atoms with van der Waals surface area (Å²) in [5.74, 6) is 2.14. The highest BCUT2D eigenvalue weighted by Crippen LogP contribution is 2.26. The van der Waals surface area contributed by atoms with E-state index < -0.39 is 0 Å². The Hall–Kier alpha value is -0.930. The predicted octanol–water partition coefficient (Wildman–Crippen LogP) is 0.280. The van der Waals surface area contributed by atoms with Crippen molar-refractivity contribution in [3.8, 4) is 0 Å². The molecule has 3 heterocycles. The number of aromatic nitrogens is 3. The molecule has 0 aromatic carbocycles. The zero-order chi connectivity index (χ0) is 17.1. The standard InChI is InChI=1S/C16H28N6O2.2ClH/c1-20-14(11-21-7-4-13(23)5-8-21)18-19-16(20)12-3-2-6-22(10-12)15(24)9-17;;/h12-13,23H,2-11,17H2,1H3;2*1H. The second-order valence-corrected chi connectivity index (χ2v) is 6.92. The Kier molecular flexibility index (Phi) is 9.26. The summed E-state index contributed by atoms with van der Waals surface area (Å²) < 4.78 is 2.08. The van der Waals surface area contributed by atoms with Crippen LogP contribution in [0.1, 0.15) is 43.3 Å². The minimum Gasteiger partial charge on any atom is -0.393 e. The molecule has 3 N–H and O–H groups in total. The highest BCUT2D eigenvalue weighted by atomic mass is 35.5. The number of rotatable bonds is 4. The van der Waals surface area contributed by atoms with Gasteiger partial charge in [-0.3, -0.25) is 9.69 Å². The zero-order valence-corrected chi connectivity index (χ0v) is 16.8. The van der Waals surface area contributed by atoms with Crippen molar-refractivity contribution in [1.29, 1.82) is 0 Å². The molecule has 0 aliphatic carbocycles. The van der Waals surface area contributed by atoms with E-state index in [1.54, 1.807) is 0 Å². The summed E-state index contributed by atoms with van der Waals surface area (Å²) in [4.78, 5) is 16.0. The second kappa shape index (κ2) is 10.4. The Morgan fingerprint density at radius 1 is 1.19 bits per heavy atom. The summed E-state index contributed by atoms with van der Waals surface area (Å²) in [6.45, 7) is 4.08. The number of hydrogen-bond acceptors (Lipinski definition) is 6. The normalized spacial score (nSPS) is 21.8. The summed E-state index contributed by atoms with van der Waals surface area (Å²) in [5, 5.41) is 18.4. The molecule has 10 heteroatoms. The van der Waals surface area contributed by atoms with E-state index >= 15 is 0 Å². The van der Waals surface area contributed by atoms with Crippen molar-refractivity contribution in [2.75, 3.05) is 32.7 Å². The Morgan fingerprint density at radius 3 is 2.54 bits per heavy atom. The quantitative estimate of drug-likeness (QED) is 0.741.